The van der Waals surface area contributed by atoms with Crippen molar-refractivity contribution in [1.82, 2.24) is 26.1 Å². The summed E-state index contributed by atoms with van der Waals surface area (Å²) < 4.78 is 0. The zero-order valence-corrected chi connectivity index (χ0v) is 19.0. The molecule has 0 unspecified atom stereocenters. The van der Waals surface area contributed by atoms with Crippen molar-refractivity contribution in [3.8, 4) is 0 Å². The number of piperidine rings is 2. The minimum atomic E-state index is 0. The van der Waals surface area contributed by atoms with Gasteiger partial charge in [-0.25, -0.2) is 26.1 Å². The van der Waals surface area contributed by atoms with Crippen LogP contribution >= 0.6 is 0 Å². The van der Waals surface area contributed by atoms with Gasteiger partial charge in [0, 0.05) is 26.2 Å². The first-order chi connectivity index (χ1) is 11.9. The zero-order valence-electron chi connectivity index (χ0n) is 15.7. The predicted molar refractivity (Wildman–Crippen MR) is 96.5 cm³/mol. The molecule has 0 saturated carbocycles. The Balaban J connectivity index is 0. The fourth-order valence-electron chi connectivity index (χ4n) is 2.95. The van der Waals surface area contributed by atoms with E-state index in [4.69, 9.17) is 0 Å². The Bertz CT molecular complexity index is 520. The molecule has 3 rings (SSSR count). The fraction of sp³-hybridized carbons (Fsp3) is 0.588. The van der Waals surface area contributed by atoms with E-state index >= 15 is 0 Å². The Morgan fingerprint density at radius 2 is 1.11 bits per heavy atom. The fourth-order valence-corrected chi connectivity index (χ4v) is 2.95. The summed E-state index contributed by atoms with van der Waals surface area (Å²) in [6.45, 7) is 4.22. The molecule has 0 bridgehead atoms. The first-order valence-electron chi connectivity index (χ1n) is 8.94. The van der Waals surface area contributed by atoms with Crippen molar-refractivity contribution >= 4 is 12.4 Å². The molecular weight excluding hydrogens is 468 g/mol. The molecule has 2 fully saturated rings. The second-order valence-corrected chi connectivity index (χ2v) is 6.30. The number of rotatable bonds is 6. The Morgan fingerprint density at radius 1 is 0.714 bits per heavy atom. The molecule has 0 spiro atoms. The maximum absolute atomic E-state index is 4.52. The molecule has 3 heterocycles. The van der Waals surface area contributed by atoms with Crippen molar-refractivity contribution in [3.63, 3.8) is 0 Å². The van der Waals surface area contributed by atoms with Crippen molar-refractivity contribution in [2.45, 2.75) is 38.5 Å². The van der Waals surface area contributed by atoms with Gasteiger partial charge in [-0.3, -0.25) is 0 Å². The topological polar surface area (TPSA) is 68.2 Å². The quantitative estimate of drug-likeness (QED) is 0.304. The summed E-state index contributed by atoms with van der Waals surface area (Å²) >= 11 is 0. The SMILES string of the molecule is C(=NNN1CCCCC1)c1cccc(C=NNN2CCCCC2)n1.[Cl-].[Cl-].[Cl-].[Co+3]. The van der Waals surface area contributed by atoms with Crippen molar-refractivity contribution in [1.29, 1.82) is 0 Å². The molecule has 0 amide bonds. The molecule has 2 saturated heterocycles. The number of pyridine rings is 1. The zero-order chi connectivity index (χ0) is 16.5. The van der Waals surface area contributed by atoms with E-state index in [1.807, 2.05) is 18.2 Å². The Kier molecular flexibility index (Phi) is 18.2. The summed E-state index contributed by atoms with van der Waals surface area (Å²) in [5, 5.41) is 12.9. The Hall–Kier alpha value is -0.614. The van der Waals surface area contributed by atoms with Crippen LogP contribution in [-0.2, 0) is 16.8 Å². The van der Waals surface area contributed by atoms with Gasteiger partial charge in [0.25, 0.3) is 0 Å². The average molecular weight is 495 g/mol. The summed E-state index contributed by atoms with van der Waals surface area (Å²) in [5.74, 6) is 0. The molecule has 0 aliphatic carbocycles. The third-order valence-electron chi connectivity index (χ3n) is 4.30. The predicted octanol–water partition coefficient (Wildman–Crippen LogP) is -7.26. The number of hydrazone groups is 2. The second kappa shape index (κ2) is 17.3. The van der Waals surface area contributed by atoms with Gasteiger partial charge in [-0.15, -0.1) is 0 Å². The van der Waals surface area contributed by atoms with Crippen molar-refractivity contribution in [3.05, 3.63) is 29.6 Å². The number of aromatic nitrogens is 1. The van der Waals surface area contributed by atoms with Gasteiger partial charge in [0.1, 0.15) is 0 Å². The van der Waals surface area contributed by atoms with Crippen LogP contribution in [0.5, 0.6) is 0 Å². The van der Waals surface area contributed by atoms with Crippen molar-refractivity contribution in [2.75, 3.05) is 26.2 Å². The van der Waals surface area contributed by atoms with Crippen LogP contribution in [0.4, 0.5) is 0 Å². The number of hydrazine groups is 2. The summed E-state index contributed by atoms with van der Waals surface area (Å²) in [4.78, 5) is 4.52. The third kappa shape index (κ3) is 10.8. The van der Waals surface area contributed by atoms with Gasteiger partial charge in [-0.1, -0.05) is 18.9 Å². The van der Waals surface area contributed by atoms with E-state index < -0.39 is 0 Å². The maximum Gasteiger partial charge on any atom is 3.00 e. The van der Waals surface area contributed by atoms with Gasteiger partial charge in [-0.2, -0.15) is 10.2 Å². The molecular formula is C17H27Cl3CoN7. The molecule has 0 aromatic carbocycles. The average Bonchev–Trinajstić information content (AvgIpc) is 2.64. The van der Waals surface area contributed by atoms with E-state index in [2.05, 4.69) is 36.3 Å². The van der Waals surface area contributed by atoms with Crippen LogP contribution < -0.4 is 48.3 Å². The maximum atomic E-state index is 4.52. The molecule has 28 heavy (non-hydrogen) atoms. The molecule has 2 aliphatic rings. The summed E-state index contributed by atoms with van der Waals surface area (Å²) in [6, 6.07) is 5.85. The monoisotopic (exact) mass is 493 g/mol. The molecule has 0 atom stereocenters. The molecule has 2 N–H and O–H groups in total. The van der Waals surface area contributed by atoms with Crippen LogP contribution in [0, 0.1) is 0 Å². The first-order valence-corrected chi connectivity index (χ1v) is 8.94. The Morgan fingerprint density at radius 3 is 1.50 bits per heavy atom. The second-order valence-electron chi connectivity index (χ2n) is 6.30. The van der Waals surface area contributed by atoms with E-state index in [1.165, 1.54) is 38.5 Å². The normalized spacial score (nSPS) is 17.7. The van der Waals surface area contributed by atoms with Gasteiger partial charge in [0.15, 0.2) is 0 Å². The van der Waals surface area contributed by atoms with E-state index in [-0.39, 0.29) is 54.0 Å². The van der Waals surface area contributed by atoms with E-state index in [0.717, 1.165) is 37.6 Å². The van der Waals surface area contributed by atoms with Crippen LogP contribution in [0.25, 0.3) is 0 Å². The minimum Gasteiger partial charge on any atom is -1.00 e. The smallest absolute Gasteiger partial charge is 1.00 e. The van der Waals surface area contributed by atoms with Crippen LogP contribution in [-0.4, -0.2) is 53.6 Å². The van der Waals surface area contributed by atoms with E-state index in [1.54, 1.807) is 12.4 Å². The van der Waals surface area contributed by atoms with Crippen LogP contribution in [0.15, 0.2) is 28.4 Å². The van der Waals surface area contributed by atoms with Crippen molar-refractivity contribution in [2.24, 2.45) is 10.2 Å². The molecule has 7 nitrogen and oxygen atoms in total. The van der Waals surface area contributed by atoms with Gasteiger partial charge < -0.3 is 37.2 Å². The van der Waals surface area contributed by atoms with Gasteiger partial charge in [-0.05, 0) is 37.8 Å². The summed E-state index contributed by atoms with van der Waals surface area (Å²) in [7, 11) is 0. The summed E-state index contributed by atoms with van der Waals surface area (Å²) in [5.41, 5.74) is 7.81. The molecule has 1 aromatic rings. The number of nitrogens with zero attached hydrogens (tertiary/aromatic N) is 5. The first kappa shape index (κ1) is 29.6. The largest absolute Gasteiger partial charge is 3.00 e. The molecule has 1 aromatic heterocycles. The van der Waals surface area contributed by atoms with Gasteiger partial charge in [0.05, 0.1) is 23.8 Å². The number of halogens is 3. The molecule has 11 heteroatoms. The third-order valence-corrected chi connectivity index (χ3v) is 4.30. The van der Waals surface area contributed by atoms with Gasteiger partial charge >= 0.3 is 16.8 Å². The standard InChI is InChI=1S/C17H27N7.3ClH.Co/c1-3-10-23(11-4-1)21-18-14-16-8-7-9-17(20-16)15-19-22-24-12-5-2-6-13-24;;;;/h7-9,14-15,21-22H,1-6,10-13H2;3*1H;/q;;;;+3/p-3. The van der Waals surface area contributed by atoms with Crippen LogP contribution in [0.1, 0.15) is 49.9 Å². The van der Waals surface area contributed by atoms with E-state index in [9.17, 15) is 0 Å². The van der Waals surface area contributed by atoms with Crippen LogP contribution in [0.3, 0.4) is 0 Å². The van der Waals surface area contributed by atoms with Crippen molar-refractivity contribution < 1.29 is 54.0 Å². The molecule has 2 aliphatic heterocycles. The van der Waals surface area contributed by atoms with Gasteiger partial charge in [0.2, 0.25) is 0 Å². The summed E-state index contributed by atoms with van der Waals surface area (Å²) in [6.07, 6.45) is 11.1. The number of hydrogen-bond acceptors (Lipinski definition) is 7. The Labute approximate surface area is 196 Å². The minimum absolute atomic E-state index is 0. The molecule has 0 radical (unpaired) electrons. The number of hydrogen-bond donors (Lipinski definition) is 2. The van der Waals surface area contributed by atoms with E-state index in [0.29, 0.717) is 0 Å². The number of nitrogens with one attached hydrogen (secondary N) is 2. The molecule has 160 valence electrons. The van der Waals surface area contributed by atoms with Crippen LogP contribution in [0.2, 0.25) is 0 Å².